The second-order valence-electron chi connectivity index (χ2n) is 5.14. The van der Waals surface area contributed by atoms with Gasteiger partial charge in [0.05, 0.1) is 13.7 Å². The standard InChI is InChI=1S/C19H17NO3S/c1-22-16-9-7-14(8-10-16)11-12-23-19(21)17-13-24-18(20-17)15-5-3-2-4-6-15/h2-10,13H,11-12H2,1H3. The molecule has 3 aromatic rings. The average Bonchev–Trinajstić information content (AvgIpc) is 3.13. The number of carbonyl (C=O) groups excluding carboxylic acids is 1. The lowest BCUT2D eigenvalue weighted by Gasteiger charge is -2.04. The molecule has 3 rings (SSSR count). The van der Waals surface area contributed by atoms with Gasteiger partial charge in [0.1, 0.15) is 10.8 Å². The Labute approximate surface area is 144 Å². The van der Waals surface area contributed by atoms with Crippen LogP contribution in [0.3, 0.4) is 0 Å². The van der Waals surface area contributed by atoms with Gasteiger partial charge in [0.25, 0.3) is 0 Å². The lowest BCUT2D eigenvalue weighted by Crippen LogP contribution is -2.08. The van der Waals surface area contributed by atoms with Crippen LogP contribution < -0.4 is 4.74 Å². The zero-order valence-electron chi connectivity index (χ0n) is 13.3. The van der Waals surface area contributed by atoms with Crippen molar-refractivity contribution in [3.63, 3.8) is 0 Å². The van der Waals surface area contributed by atoms with Crippen LogP contribution in [0, 0.1) is 0 Å². The first-order chi connectivity index (χ1) is 11.8. The number of hydrogen-bond acceptors (Lipinski definition) is 5. The second kappa shape index (κ2) is 7.75. The van der Waals surface area contributed by atoms with Crippen molar-refractivity contribution >= 4 is 17.3 Å². The number of nitrogens with zero attached hydrogens (tertiary/aromatic N) is 1. The van der Waals surface area contributed by atoms with Gasteiger partial charge in [-0.15, -0.1) is 11.3 Å². The smallest absolute Gasteiger partial charge is 0.357 e. The van der Waals surface area contributed by atoms with E-state index in [1.165, 1.54) is 11.3 Å². The maximum Gasteiger partial charge on any atom is 0.357 e. The number of benzene rings is 2. The first kappa shape index (κ1) is 16.2. The van der Waals surface area contributed by atoms with E-state index in [4.69, 9.17) is 9.47 Å². The highest BCUT2D eigenvalue weighted by atomic mass is 32.1. The molecule has 122 valence electrons. The van der Waals surface area contributed by atoms with E-state index in [0.717, 1.165) is 21.9 Å². The van der Waals surface area contributed by atoms with Crippen molar-refractivity contribution < 1.29 is 14.3 Å². The van der Waals surface area contributed by atoms with E-state index in [1.807, 2.05) is 54.6 Å². The summed E-state index contributed by atoms with van der Waals surface area (Å²) in [6.07, 6.45) is 0.658. The number of carbonyl (C=O) groups is 1. The van der Waals surface area contributed by atoms with Gasteiger partial charge >= 0.3 is 5.97 Å². The van der Waals surface area contributed by atoms with Gasteiger partial charge in [-0.1, -0.05) is 42.5 Å². The number of hydrogen-bond donors (Lipinski definition) is 0. The van der Waals surface area contributed by atoms with Crippen molar-refractivity contribution in [2.75, 3.05) is 13.7 Å². The molecule has 0 saturated carbocycles. The molecule has 4 nitrogen and oxygen atoms in total. The van der Waals surface area contributed by atoms with Gasteiger partial charge in [-0.25, -0.2) is 9.78 Å². The number of thiazole rings is 1. The summed E-state index contributed by atoms with van der Waals surface area (Å²) in [6, 6.07) is 17.5. The summed E-state index contributed by atoms with van der Waals surface area (Å²) < 4.78 is 10.4. The molecule has 5 heteroatoms. The minimum absolute atomic E-state index is 0.323. The largest absolute Gasteiger partial charge is 0.497 e. The summed E-state index contributed by atoms with van der Waals surface area (Å²) in [4.78, 5) is 16.4. The number of aromatic nitrogens is 1. The molecule has 0 N–H and O–H groups in total. The third kappa shape index (κ3) is 4.00. The van der Waals surface area contributed by atoms with Crippen LogP contribution in [0.1, 0.15) is 16.1 Å². The molecular weight excluding hydrogens is 322 g/mol. The Bertz CT molecular complexity index is 797. The van der Waals surface area contributed by atoms with Crippen molar-refractivity contribution in [1.29, 1.82) is 0 Å². The second-order valence-corrected chi connectivity index (χ2v) is 6.00. The zero-order chi connectivity index (χ0) is 16.8. The van der Waals surface area contributed by atoms with Crippen molar-refractivity contribution in [2.24, 2.45) is 0 Å². The van der Waals surface area contributed by atoms with Crippen LogP contribution in [0.4, 0.5) is 0 Å². The van der Waals surface area contributed by atoms with Crippen LogP contribution in [0.5, 0.6) is 5.75 Å². The predicted molar refractivity (Wildman–Crippen MR) is 94.5 cm³/mol. The van der Waals surface area contributed by atoms with Gasteiger partial charge in [0, 0.05) is 17.4 Å². The summed E-state index contributed by atoms with van der Waals surface area (Å²) in [6.45, 7) is 0.323. The average molecular weight is 339 g/mol. The van der Waals surface area contributed by atoms with Crippen LogP contribution >= 0.6 is 11.3 Å². The molecule has 24 heavy (non-hydrogen) atoms. The van der Waals surface area contributed by atoms with Gasteiger partial charge < -0.3 is 9.47 Å². The van der Waals surface area contributed by atoms with E-state index < -0.39 is 0 Å². The molecule has 1 aromatic heterocycles. The van der Waals surface area contributed by atoms with Crippen molar-refractivity contribution in [3.05, 3.63) is 71.2 Å². The summed E-state index contributed by atoms with van der Waals surface area (Å²) in [5.74, 6) is 0.425. The highest BCUT2D eigenvalue weighted by Crippen LogP contribution is 2.23. The lowest BCUT2D eigenvalue weighted by molar-refractivity contribution is 0.0503. The summed E-state index contributed by atoms with van der Waals surface area (Å²) in [5.41, 5.74) is 2.44. The lowest BCUT2D eigenvalue weighted by atomic mass is 10.1. The van der Waals surface area contributed by atoms with Crippen molar-refractivity contribution in [1.82, 2.24) is 4.98 Å². The SMILES string of the molecule is COc1ccc(CCOC(=O)c2csc(-c3ccccc3)n2)cc1. The minimum Gasteiger partial charge on any atom is -0.497 e. The molecule has 0 amide bonds. The highest BCUT2D eigenvalue weighted by molar-refractivity contribution is 7.13. The number of methoxy groups -OCH3 is 1. The molecule has 0 spiro atoms. The molecule has 0 fully saturated rings. The Morgan fingerprint density at radius 1 is 1.08 bits per heavy atom. The van der Waals surface area contributed by atoms with Gasteiger partial charge in [-0.3, -0.25) is 0 Å². The summed E-state index contributed by atoms with van der Waals surface area (Å²) >= 11 is 1.44. The fourth-order valence-electron chi connectivity index (χ4n) is 2.21. The number of ether oxygens (including phenoxy) is 2. The van der Waals surface area contributed by atoms with E-state index in [0.29, 0.717) is 18.7 Å². The summed E-state index contributed by atoms with van der Waals surface area (Å²) in [7, 11) is 1.63. The van der Waals surface area contributed by atoms with Gasteiger partial charge in [0.2, 0.25) is 0 Å². The quantitative estimate of drug-likeness (QED) is 0.631. The topological polar surface area (TPSA) is 48.4 Å². The first-order valence-electron chi connectivity index (χ1n) is 7.57. The molecule has 0 aliphatic rings. The normalized spacial score (nSPS) is 10.4. The maximum atomic E-state index is 12.1. The Kier molecular flexibility index (Phi) is 5.23. The number of esters is 1. The fraction of sp³-hybridized carbons (Fsp3) is 0.158. The minimum atomic E-state index is -0.387. The molecule has 0 aliphatic carbocycles. The van der Waals surface area contributed by atoms with Gasteiger partial charge in [0.15, 0.2) is 5.69 Å². The van der Waals surface area contributed by atoms with Crippen molar-refractivity contribution in [2.45, 2.75) is 6.42 Å². The van der Waals surface area contributed by atoms with Crippen molar-refractivity contribution in [3.8, 4) is 16.3 Å². The van der Waals surface area contributed by atoms with E-state index in [-0.39, 0.29) is 5.97 Å². The van der Waals surface area contributed by atoms with E-state index in [2.05, 4.69) is 4.98 Å². The van der Waals surface area contributed by atoms with E-state index >= 15 is 0 Å². The Balaban J connectivity index is 1.54. The number of rotatable bonds is 6. The molecule has 2 aromatic carbocycles. The maximum absolute atomic E-state index is 12.1. The predicted octanol–water partition coefficient (Wildman–Crippen LogP) is 4.22. The molecule has 0 bridgehead atoms. The molecule has 0 unspecified atom stereocenters. The van der Waals surface area contributed by atoms with Gasteiger partial charge in [-0.05, 0) is 17.7 Å². The Hall–Kier alpha value is -2.66. The molecule has 0 radical (unpaired) electrons. The van der Waals surface area contributed by atoms with Gasteiger partial charge in [-0.2, -0.15) is 0 Å². The van der Waals surface area contributed by atoms with E-state index in [1.54, 1.807) is 12.5 Å². The molecular formula is C19H17NO3S. The Morgan fingerprint density at radius 3 is 2.54 bits per heavy atom. The van der Waals surface area contributed by atoms with Crippen LogP contribution in [0.15, 0.2) is 60.0 Å². The van der Waals surface area contributed by atoms with Crippen LogP contribution in [-0.2, 0) is 11.2 Å². The molecule has 1 heterocycles. The fourth-order valence-corrected chi connectivity index (χ4v) is 3.00. The van der Waals surface area contributed by atoms with Crippen LogP contribution in [0.25, 0.3) is 10.6 Å². The monoisotopic (exact) mass is 339 g/mol. The molecule has 0 aliphatic heterocycles. The highest BCUT2D eigenvalue weighted by Gasteiger charge is 2.13. The van der Waals surface area contributed by atoms with Crippen LogP contribution in [-0.4, -0.2) is 24.7 Å². The molecule has 0 saturated heterocycles. The summed E-state index contributed by atoms with van der Waals surface area (Å²) in [5, 5.41) is 2.55. The zero-order valence-corrected chi connectivity index (χ0v) is 14.1. The third-order valence-corrected chi connectivity index (χ3v) is 4.41. The van der Waals surface area contributed by atoms with E-state index in [9.17, 15) is 4.79 Å². The third-order valence-electron chi connectivity index (χ3n) is 3.52. The first-order valence-corrected chi connectivity index (χ1v) is 8.45. The Morgan fingerprint density at radius 2 is 1.83 bits per heavy atom. The molecule has 0 atom stereocenters. The van der Waals surface area contributed by atoms with Crippen LogP contribution in [0.2, 0.25) is 0 Å².